The molecule has 2 rings (SSSR count). The molecule has 2 unspecified atom stereocenters. The van der Waals surface area contributed by atoms with Gasteiger partial charge in [0.1, 0.15) is 0 Å². The maximum absolute atomic E-state index is 5.52. The van der Waals surface area contributed by atoms with E-state index < -0.39 is 0 Å². The molecule has 0 amide bonds. The van der Waals surface area contributed by atoms with E-state index in [2.05, 4.69) is 37.4 Å². The number of rotatable bonds is 8. The molecule has 0 spiro atoms. The normalized spacial score (nSPS) is 16.9. The molecule has 1 N–H and O–H groups in total. The fraction of sp³-hybridized carbons (Fsp3) is 0.647. The predicted molar refractivity (Wildman–Crippen MR) is 81.6 cm³/mol. The molecule has 0 aliphatic carbocycles. The first kappa shape index (κ1) is 15.5. The zero-order valence-electron chi connectivity index (χ0n) is 12.9. The van der Waals surface area contributed by atoms with E-state index in [1.807, 2.05) is 0 Å². The lowest BCUT2D eigenvalue weighted by molar-refractivity contribution is 0.134. The Morgan fingerprint density at radius 1 is 1.30 bits per heavy atom. The molecular weight excluding hydrogens is 250 g/mol. The summed E-state index contributed by atoms with van der Waals surface area (Å²) >= 11 is 0. The van der Waals surface area contributed by atoms with Crippen molar-refractivity contribution >= 4 is 0 Å². The summed E-state index contributed by atoms with van der Waals surface area (Å²) in [5.74, 6) is 0.557. The van der Waals surface area contributed by atoms with Gasteiger partial charge < -0.3 is 14.8 Å². The Morgan fingerprint density at radius 3 is 2.85 bits per heavy atom. The topological polar surface area (TPSA) is 30.5 Å². The van der Waals surface area contributed by atoms with E-state index in [0.717, 1.165) is 39.2 Å². The highest BCUT2D eigenvalue weighted by molar-refractivity contribution is 5.34. The Morgan fingerprint density at radius 2 is 2.10 bits per heavy atom. The van der Waals surface area contributed by atoms with Gasteiger partial charge in [0, 0.05) is 19.8 Å². The van der Waals surface area contributed by atoms with Gasteiger partial charge in [0.15, 0.2) is 0 Å². The minimum absolute atomic E-state index is 0.399. The van der Waals surface area contributed by atoms with Crippen LogP contribution in [0.15, 0.2) is 18.2 Å². The average Bonchev–Trinajstić information content (AvgIpc) is 2.93. The lowest BCUT2D eigenvalue weighted by Crippen LogP contribution is -2.28. The van der Waals surface area contributed by atoms with Gasteiger partial charge in [-0.15, -0.1) is 0 Å². The summed E-state index contributed by atoms with van der Waals surface area (Å²) in [4.78, 5) is 0. The predicted octanol–water partition coefficient (Wildman–Crippen LogP) is 3.43. The number of benzene rings is 1. The van der Waals surface area contributed by atoms with Crippen molar-refractivity contribution in [2.24, 2.45) is 5.92 Å². The molecule has 1 aliphatic heterocycles. The highest BCUT2D eigenvalue weighted by Crippen LogP contribution is 2.29. The van der Waals surface area contributed by atoms with Crippen LogP contribution in [0.4, 0.5) is 0 Å². The van der Waals surface area contributed by atoms with Crippen molar-refractivity contribution < 1.29 is 9.47 Å². The number of hydrogen-bond acceptors (Lipinski definition) is 3. The second kappa shape index (κ2) is 7.77. The van der Waals surface area contributed by atoms with E-state index >= 15 is 0 Å². The highest BCUT2D eigenvalue weighted by atomic mass is 16.5. The lowest BCUT2D eigenvalue weighted by Gasteiger charge is -2.26. The van der Waals surface area contributed by atoms with Crippen LogP contribution in [-0.4, -0.2) is 20.3 Å². The Balaban J connectivity index is 2.12. The molecule has 2 atom stereocenters. The number of methoxy groups -OCH3 is 1. The maximum Gasteiger partial charge on any atom is 0.0725 e. The van der Waals surface area contributed by atoms with Crippen LogP contribution in [0, 0.1) is 5.92 Å². The summed E-state index contributed by atoms with van der Waals surface area (Å²) in [6.45, 7) is 7.91. The lowest BCUT2D eigenvalue weighted by atomic mass is 9.90. The van der Waals surface area contributed by atoms with Gasteiger partial charge in [-0.2, -0.15) is 0 Å². The summed E-state index contributed by atoms with van der Waals surface area (Å²) in [6.07, 6.45) is 2.23. The first-order valence-corrected chi connectivity index (χ1v) is 7.68. The van der Waals surface area contributed by atoms with Gasteiger partial charge in [-0.1, -0.05) is 32.0 Å². The molecule has 3 heteroatoms. The van der Waals surface area contributed by atoms with Gasteiger partial charge in [-0.3, -0.25) is 0 Å². The second-order valence-electron chi connectivity index (χ2n) is 5.71. The van der Waals surface area contributed by atoms with Gasteiger partial charge in [0.2, 0.25) is 0 Å². The number of fused-ring (bicyclic) bond motifs is 1. The van der Waals surface area contributed by atoms with Crippen LogP contribution in [0.2, 0.25) is 0 Å². The molecule has 0 saturated carbocycles. The first-order chi connectivity index (χ1) is 9.76. The van der Waals surface area contributed by atoms with Crippen LogP contribution < -0.4 is 5.32 Å². The van der Waals surface area contributed by atoms with E-state index in [-0.39, 0.29) is 0 Å². The molecule has 1 aliphatic rings. The summed E-state index contributed by atoms with van der Waals surface area (Å²) in [6, 6.07) is 7.20. The first-order valence-electron chi connectivity index (χ1n) is 7.68. The van der Waals surface area contributed by atoms with Crippen molar-refractivity contribution in [3.63, 3.8) is 0 Å². The monoisotopic (exact) mass is 277 g/mol. The summed E-state index contributed by atoms with van der Waals surface area (Å²) in [7, 11) is 1.77. The molecule has 20 heavy (non-hydrogen) atoms. The quantitative estimate of drug-likeness (QED) is 0.789. The van der Waals surface area contributed by atoms with Crippen molar-refractivity contribution in [3.05, 3.63) is 34.9 Å². The largest absolute Gasteiger partial charge is 0.385 e. The summed E-state index contributed by atoms with van der Waals surface area (Å²) in [5.41, 5.74) is 4.07. The van der Waals surface area contributed by atoms with E-state index in [0.29, 0.717) is 12.0 Å². The standard InChI is InChI=1S/C17H27NO2/c1-4-8-18-17(13(2)7-9-19-3)14-5-6-15-11-20-12-16(15)10-14/h5-6,10,13,17-18H,4,7-9,11-12H2,1-3H3. The molecule has 112 valence electrons. The van der Waals surface area contributed by atoms with Crippen molar-refractivity contribution in [3.8, 4) is 0 Å². The van der Waals surface area contributed by atoms with Crippen LogP contribution in [-0.2, 0) is 22.7 Å². The maximum atomic E-state index is 5.52. The van der Waals surface area contributed by atoms with Gasteiger partial charge in [-0.05, 0) is 42.0 Å². The van der Waals surface area contributed by atoms with E-state index in [9.17, 15) is 0 Å². The fourth-order valence-corrected chi connectivity index (χ4v) is 2.80. The minimum Gasteiger partial charge on any atom is -0.385 e. The van der Waals surface area contributed by atoms with Gasteiger partial charge in [-0.25, -0.2) is 0 Å². The van der Waals surface area contributed by atoms with Crippen molar-refractivity contribution in [2.75, 3.05) is 20.3 Å². The third-order valence-corrected chi connectivity index (χ3v) is 4.07. The van der Waals surface area contributed by atoms with Crippen LogP contribution in [0.1, 0.15) is 49.4 Å². The molecule has 0 radical (unpaired) electrons. The average molecular weight is 277 g/mol. The highest BCUT2D eigenvalue weighted by Gasteiger charge is 2.20. The van der Waals surface area contributed by atoms with Crippen molar-refractivity contribution in [2.45, 2.75) is 45.9 Å². The van der Waals surface area contributed by atoms with Gasteiger partial charge >= 0.3 is 0 Å². The fourth-order valence-electron chi connectivity index (χ4n) is 2.80. The molecule has 0 bridgehead atoms. The zero-order valence-corrected chi connectivity index (χ0v) is 12.9. The van der Waals surface area contributed by atoms with Gasteiger partial charge in [0.05, 0.1) is 13.2 Å². The van der Waals surface area contributed by atoms with Crippen LogP contribution in [0.5, 0.6) is 0 Å². The van der Waals surface area contributed by atoms with Crippen molar-refractivity contribution in [1.29, 1.82) is 0 Å². The number of hydrogen-bond donors (Lipinski definition) is 1. The Hall–Kier alpha value is -0.900. The Bertz CT molecular complexity index is 419. The van der Waals surface area contributed by atoms with Crippen LogP contribution in [0.3, 0.4) is 0 Å². The molecule has 0 fully saturated rings. The van der Waals surface area contributed by atoms with E-state index in [1.54, 1.807) is 7.11 Å². The Labute approximate surface area is 122 Å². The smallest absolute Gasteiger partial charge is 0.0725 e. The molecule has 0 aromatic heterocycles. The SMILES string of the molecule is CCCNC(c1ccc2c(c1)COC2)C(C)CCOC. The van der Waals surface area contributed by atoms with E-state index in [4.69, 9.17) is 9.47 Å². The molecule has 1 aromatic carbocycles. The number of ether oxygens (including phenoxy) is 2. The number of nitrogens with one attached hydrogen (secondary N) is 1. The molecule has 1 aromatic rings. The van der Waals surface area contributed by atoms with Crippen LogP contribution in [0.25, 0.3) is 0 Å². The summed E-state index contributed by atoms with van der Waals surface area (Å²) in [5, 5.41) is 3.69. The summed E-state index contributed by atoms with van der Waals surface area (Å²) < 4.78 is 10.7. The second-order valence-corrected chi connectivity index (χ2v) is 5.71. The van der Waals surface area contributed by atoms with Crippen LogP contribution >= 0.6 is 0 Å². The molecule has 0 saturated heterocycles. The molecule has 3 nitrogen and oxygen atoms in total. The minimum atomic E-state index is 0.399. The van der Waals surface area contributed by atoms with E-state index in [1.165, 1.54) is 16.7 Å². The Kier molecular flexibility index (Phi) is 6.02. The third kappa shape index (κ3) is 3.81. The molecular formula is C17H27NO2. The van der Waals surface area contributed by atoms with Crippen molar-refractivity contribution in [1.82, 2.24) is 5.32 Å². The third-order valence-electron chi connectivity index (χ3n) is 4.07. The zero-order chi connectivity index (χ0) is 14.4. The van der Waals surface area contributed by atoms with Gasteiger partial charge in [0.25, 0.3) is 0 Å². The molecule has 1 heterocycles.